The molecule has 0 amide bonds. The van der Waals surface area contributed by atoms with E-state index < -0.39 is 0 Å². The number of aryl methyl sites for hydroxylation is 1. The summed E-state index contributed by atoms with van der Waals surface area (Å²) in [6, 6.07) is 16.0. The fraction of sp³-hybridized carbons (Fsp3) is 0.346. The molecule has 7 heteroatoms. The molecule has 0 aliphatic carbocycles. The van der Waals surface area contributed by atoms with E-state index in [0.29, 0.717) is 18.2 Å². The molecule has 0 atom stereocenters. The van der Waals surface area contributed by atoms with E-state index in [-0.39, 0.29) is 6.67 Å². The van der Waals surface area contributed by atoms with E-state index in [1.54, 1.807) is 7.11 Å². The summed E-state index contributed by atoms with van der Waals surface area (Å²) in [7, 11) is 1.68. The number of aromatic nitrogens is 1. The number of pyridine rings is 1. The molecule has 0 saturated carbocycles. The highest BCUT2D eigenvalue weighted by atomic mass is 19.1. The summed E-state index contributed by atoms with van der Waals surface area (Å²) in [5.41, 5.74) is 11.7. The van der Waals surface area contributed by atoms with Crippen molar-refractivity contribution in [1.29, 1.82) is 0 Å². The predicted octanol–water partition coefficient (Wildman–Crippen LogP) is 5.62. The molecule has 6 nitrogen and oxygen atoms in total. The number of hydrogen-bond acceptors (Lipinski definition) is 6. The molecule has 0 bridgehead atoms. The molecular formula is C26H32FN5O. The van der Waals surface area contributed by atoms with E-state index >= 15 is 0 Å². The van der Waals surface area contributed by atoms with Gasteiger partial charge in [0.15, 0.2) is 0 Å². The van der Waals surface area contributed by atoms with Crippen LogP contribution in [0.15, 0.2) is 54.7 Å². The second-order valence-corrected chi connectivity index (χ2v) is 8.52. The lowest BCUT2D eigenvalue weighted by molar-refractivity contribution is 0.197. The molecule has 33 heavy (non-hydrogen) atoms. The third-order valence-electron chi connectivity index (χ3n) is 6.22. The summed E-state index contributed by atoms with van der Waals surface area (Å²) in [5, 5.41) is 6.81. The molecular weight excluding hydrogens is 417 g/mol. The van der Waals surface area contributed by atoms with Gasteiger partial charge in [-0.2, -0.15) is 0 Å². The molecule has 1 saturated heterocycles. The van der Waals surface area contributed by atoms with Crippen LogP contribution >= 0.6 is 0 Å². The van der Waals surface area contributed by atoms with Crippen molar-refractivity contribution in [2.24, 2.45) is 0 Å². The van der Waals surface area contributed by atoms with Gasteiger partial charge in [-0.05, 0) is 80.2 Å². The van der Waals surface area contributed by atoms with Crippen LogP contribution in [0.3, 0.4) is 0 Å². The molecule has 1 fully saturated rings. The van der Waals surface area contributed by atoms with Crippen LogP contribution in [0, 0.1) is 6.92 Å². The second kappa shape index (κ2) is 10.5. The number of benzene rings is 2. The van der Waals surface area contributed by atoms with Gasteiger partial charge in [0.2, 0.25) is 0 Å². The van der Waals surface area contributed by atoms with Gasteiger partial charge in [0.05, 0.1) is 12.8 Å². The van der Waals surface area contributed by atoms with Crippen molar-refractivity contribution in [1.82, 2.24) is 9.88 Å². The first kappa shape index (κ1) is 22.9. The zero-order valence-electron chi connectivity index (χ0n) is 19.3. The number of methoxy groups -OCH3 is 1. The summed E-state index contributed by atoms with van der Waals surface area (Å²) in [5.74, 6) is 1.97. The molecule has 4 N–H and O–H groups in total. The minimum atomic E-state index is -0.275. The van der Waals surface area contributed by atoms with Gasteiger partial charge in [0.25, 0.3) is 0 Å². The number of hydrogen-bond donors (Lipinski definition) is 3. The van der Waals surface area contributed by atoms with Crippen molar-refractivity contribution in [3.05, 3.63) is 65.9 Å². The van der Waals surface area contributed by atoms with Gasteiger partial charge < -0.3 is 26.0 Å². The number of ether oxygens (including phenoxy) is 1. The quantitative estimate of drug-likeness (QED) is 0.388. The number of anilines is 5. The molecule has 0 radical (unpaired) electrons. The van der Waals surface area contributed by atoms with Gasteiger partial charge in [0, 0.05) is 35.9 Å². The number of rotatable bonds is 8. The Labute approximate surface area is 195 Å². The highest BCUT2D eigenvalue weighted by molar-refractivity contribution is 5.71. The maximum Gasteiger partial charge on any atom is 0.142 e. The average molecular weight is 450 g/mol. The van der Waals surface area contributed by atoms with Crippen molar-refractivity contribution in [3.63, 3.8) is 0 Å². The molecule has 1 aliphatic heterocycles. The number of nitrogens with zero attached hydrogens (tertiary/aromatic N) is 2. The first-order valence-electron chi connectivity index (χ1n) is 11.4. The van der Waals surface area contributed by atoms with Crippen LogP contribution in [0.4, 0.5) is 33.0 Å². The Morgan fingerprint density at radius 3 is 2.64 bits per heavy atom. The zero-order valence-corrected chi connectivity index (χ0v) is 19.3. The summed E-state index contributed by atoms with van der Waals surface area (Å²) < 4.78 is 18.3. The van der Waals surface area contributed by atoms with Gasteiger partial charge in [-0.1, -0.05) is 12.1 Å². The number of nitrogens with one attached hydrogen (secondary N) is 2. The molecule has 2 aromatic carbocycles. The van der Waals surface area contributed by atoms with Crippen LogP contribution < -0.4 is 21.1 Å². The maximum atomic E-state index is 12.6. The van der Waals surface area contributed by atoms with Crippen molar-refractivity contribution >= 4 is 28.6 Å². The predicted molar refractivity (Wildman–Crippen MR) is 134 cm³/mol. The minimum absolute atomic E-state index is 0.275. The number of piperidine rings is 1. The molecule has 0 unspecified atom stereocenters. The average Bonchev–Trinajstić information content (AvgIpc) is 2.82. The number of nitrogens with two attached hydrogens (primary N) is 1. The smallest absolute Gasteiger partial charge is 0.142 e. The van der Waals surface area contributed by atoms with Crippen LogP contribution in [0.25, 0.3) is 0 Å². The Bertz CT molecular complexity index is 1080. The molecule has 1 aliphatic rings. The largest absolute Gasteiger partial charge is 0.495 e. The van der Waals surface area contributed by atoms with Crippen molar-refractivity contribution in [2.75, 3.05) is 49.8 Å². The van der Waals surface area contributed by atoms with E-state index in [0.717, 1.165) is 60.1 Å². The van der Waals surface area contributed by atoms with E-state index in [1.165, 1.54) is 5.56 Å². The van der Waals surface area contributed by atoms with E-state index in [1.807, 2.05) is 43.5 Å². The zero-order chi connectivity index (χ0) is 23.2. The van der Waals surface area contributed by atoms with Gasteiger partial charge in [0.1, 0.15) is 18.2 Å². The van der Waals surface area contributed by atoms with E-state index in [2.05, 4.69) is 38.7 Å². The van der Waals surface area contributed by atoms with Crippen LogP contribution in [0.2, 0.25) is 0 Å². The first-order valence-corrected chi connectivity index (χ1v) is 11.4. The third-order valence-corrected chi connectivity index (χ3v) is 6.22. The maximum absolute atomic E-state index is 12.6. The Morgan fingerprint density at radius 1 is 1.09 bits per heavy atom. The molecule has 4 rings (SSSR count). The third kappa shape index (κ3) is 5.73. The molecule has 174 valence electrons. The number of likely N-dealkylation sites (tertiary alicyclic amines) is 1. The molecule has 0 spiro atoms. The van der Waals surface area contributed by atoms with Gasteiger partial charge in [-0.15, -0.1) is 0 Å². The lowest BCUT2D eigenvalue weighted by atomic mass is 9.89. The topological polar surface area (TPSA) is 75.4 Å². The second-order valence-electron chi connectivity index (χ2n) is 8.52. The lowest BCUT2D eigenvalue weighted by Gasteiger charge is -2.31. The fourth-order valence-corrected chi connectivity index (χ4v) is 4.31. The van der Waals surface area contributed by atoms with Crippen LogP contribution in [0.5, 0.6) is 5.75 Å². The van der Waals surface area contributed by atoms with Crippen LogP contribution in [0.1, 0.15) is 29.9 Å². The first-order chi connectivity index (χ1) is 16.1. The standard InChI is InChI=1S/C26H32FN5O/c1-18-17-29-26(16-24(18)30-22-5-3-4-21(28)15-22)31-23-7-6-20(14-25(23)33-2)19-8-11-32(12-9-19)13-10-27/h3-7,14-17,19H,8-13,28H2,1-2H3,(H2,29,30,31). The number of halogens is 1. The van der Waals surface area contributed by atoms with Crippen LogP contribution in [-0.2, 0) is 0 Å². The Hall–Kier alpha value is -3.32. The number of alkyl halides is 1. The van der Waals surface area contributed by atoms with E-state index in [9.17, 15) is 4.39 Å². The molecule has 2 heterocycles. The van der Waals surface area contributed by atoms with Gasteiger partial charge in [-0.3, -0.25) is 0 Å². The summed E-state index contributed by atoms with van der Waals surface area (Å²) in [6.45, 7) is 4.15. The highest BCUT2D eigenvalue weighted by Crippen LogP contribution is 2.35. The monoisotopic (exact) mass is 449 g/mol. The van der Waals surface area contributed by atoms with Gasteiger partial charge >= 0.3 is 0 Å². The van der Waals surface area contributed by atoms with Crippen molar-refractivity contribution in [2.45, 2.75) is 25.7 Å². The van der Waals surface area contributed by atoms with Crippen molar-refractivity contribution in [3.8, 4) is 5.75 Å². The molecule has 3 aromatic rings. The SMILES string of the molecule is COc1cc(C2CCN(CCF)CC2)ccc1Nc1cc(Nc2cccc(N)c2)c(C)cn1. The molecule has 1 aromatic heterocycles. The Morgan fingerprint density at radius 2 is 1.91 bits per heavy atom. The summed E-state index contributed by atoms with van der Waals surface area (Å²) in [6.07, 6.45) is 3.91. The fourth-order valence-electron chi connectivity index (χ4n) is 4.31. The minimum Gasteiger partial charge on any atom is -0.495 e. The lowest BCUT2D eigenvalue weighted by Crippen LogP contribution is -2.34. The summed E-state index contributed by atoms with van der Waals surface area (Å²) in [4.78, 5) is 6.74. The number of nitrogen functional groups attached to an aromatic ring is 1. The Balaban J connectivity index is 1.48. The Kier molecular flexibility index (Phi) is 7.29. The highest BCUT2D eigenvalue weighted by Gasteiger charge is 2.21. The van der Waals surface area contributed by atoms with Crippen molar-refractivity contribution < 1.29 is 9.13 Å². The normalized spacial score (nSPS) is 14.8. The van der Waals surface area contributed by atoms with Crippen LogP contribution in [-0.4, -0.2) is 43.3 Å². The summed E-state index contributed by atoms with van der Waals surface area (Å²) >= 11 is 0. The van der Waals surface area contributed by atoms with Gasteiger partial charge in [-0.25, -0.2) is 9.37 Å². The van der Waals surface area contributed by atoms with E-state index in [4.69, 9.17) is 10.5 Å².